The van der Waals surface area contributed by atoms with Crippen molar-refractivity contribution in [3.63, 3.8) is 0 Å². The quantitative estimate of drug-likeness (QED) is 0.815. The van der Waals surface area contributed by atoms with Gasteiger partial charge in [-0.05, 0) is 31.4 Å². The van der Waals surface area contributed by atoms with Crippen LogP contribution in [0, 0.1) is 5.82 Å². The Bertz CT molecular complexity index is 700. The average molecular weight is 385 g/mol. The number of sulfonamides is 1. The molecule has 0 unspecified atom stereocenters. The van der Waals surface area contributed by atoms with Crippen LogP contribution >= 0.6 is 0 Å². The van der Waals surface area contributed by atoms with Gasteiger partial charge < -0.3 is 5.32 Å². The second kappa shape index (κ2) is 9.35. The molecule has 0 saturated heterocycles. The van der Waals surface area contributed by atoms with E-state index in [1.165, 1.54) is 24.6 Å². The summed E-state index contributed by atoms with van der Waals surface area (Å²) in [5.74, 6) is -1.01. The number of carbonyl (C=O) groups is 1. The minimum atomic E-state index is -3.82. The molecule has 1 aromatic carbocycles. The van der Waals surface area contributed by atoms with Crippen LogP contribution in [0.1, 0.15) is 58.3 Å². The van der Waals surface area contributed by atoms with Gasteiger partial charge in [0.05, 0.1) is 11.9 Å². The molecule has 1 aliphatic carbocycles. The third kappa shape index (κ3) is 5.43. The summed E-state index contributed by atoms with van der Waals surface area (Å²) in [5.41, 5.74) is -0.0883. The summed E-state index contributed by atoms with van der Waals surface area (Å²) in [5, 5.41) is 3.01. The number of hydrogen-bond donors (Lipinski definition) is 1. The molecule has 0 heterocycles. The van der Waals surface area contributed by atoms with Gasteiger partial charge in [0.15, 0.2) is 0 Å². The van der Waals surface area contributed by atoms with Gasteiger partial charge in [-0.3, -0.25) is 9.10 Å². The number of nitrogens with zero attached hydrogens (tertiary/aromatic N) is 1. The third-order valence-corrected chi connectivity index (χ3v) is 6.04. The highest BCUT2D eigenvalue weighted by atomic mass is 32.2. The summed E-state index contributed by atoms with van der Waals surface area (Å²) in [6.07, 6.45) is 8.75. The first-order chi connectivity index (χ1) is 12.3. The van der Waals surface area contributed by atoms with Crippen LogP contribution in [-0.4, -0.2) is 32.7 Å². The molecule has 1 aliphatic rings. The van der Waals surface area contributed by atoms with Gasteiger partial charge in [0, 0.05) is 6.04 Å². The van der Waals surface area contributed by atoms with Gasteiger partial charge in [-0.15, -0.1) is 0 Å². The van der Waals surface area contributed by atoms with Gasteiger partial charge in [0.1, 0.15) is 11.9 Å². The summed E-state index contributed by atoms with van der Waals surface area (Å²) in [4.78, 5) is 12.9. The van der Waals surface area contributed by atoms with E-state index in [9.17, 15) is 17.6 Å². The molecule has 5 nitrogen and oxygen atoms in total. The van der Waals surface area contributed by atoms with Gasteiger partial charge in [0.2, 0.25) is 15.9 Å². The number of rotatable bonds is 6. The van der Waals surface area contributed by atoms with Gasteiger partial charge >= 0.3 is 0 Å². The predicted octanol–water partition coefficient (Wildman–Crippen LogP) is 3.60. The summed E-state index contributed by atoms with van der Waals surface area (Å²) in [7, 11) is -3.82. The van der Waals surface area contributed by atoms with E-state index in [4.69, 9.17) is 0 Å². The number of hydrogen-bond acceptors (Lipinski definition) is 3. The maximum Gasteiger partial charge on any atom is 0.244 e. The molecule has 2 rings (SSSR count). The number of carbonyl (C=O) groups excluding carboxylic acids is 1. The standard InChI is InChI=1S/C19H29FN2O3S/c1-3-17(19(23)21-15-11-7-5-4-6-8-12-15)22(26(2,24)25)18-14-10-9-13-16(18)20/h9-10,13-15,17H,3-8,11-12H2,1-2H3,(H,21,23)/t17-/m1/s1. The van der Waals surface area contributed by atoms with E-state index in [1.807, 2.05) is 0 Å². The van der Waals surface area contributed by atoms with Crippen molar-refractivity contribution in [1.29, 1.82) is 0 Å². The first kappa shape index (κ1) is 20.7. The van der Waals surface area contributed by atoms with Gasteiger partial charge in [0.25, 0.3) is 0 Å². The molecular weight excluding hydrogens is 355 g/mol. The zero-order valence-corrected chi connectivity index (χ0v) is 16.4. The Balaban J connectivity index is 2.24. The molecule has 0 bridgehead atoms. The lowest BCUT2D eigenvalue weighted by Crippen LogP contribution is -2.52. The molecule has 146 valence electrons. The van der Waals surface area contributed by atoms with Crippen LogP contribution in [0.15, 0.2) is 24.3 Å². The molecule has 1 aromatic rings. The van der Waals surface area contributed by atoms with E-state index >= 15 is 0 Å². The highest BCUT2D eigenvalue weighted by molar-refractivity contribution is 7.92. The topological polar surface area (TPSA) is 66.5 Å². The molecule has 0 aromatic heterocycles. The molecule has 1 atom stereocenters. The van der Waals surface area contributed by atoms with Crippen LogP contribution in [-0.2, 0) is 14.8 Å². The smallest absolute Gasteiger partial charge is 0.244 e. The summed E-state index contributed by atoms with van der Waals surface area (Å²) < 4.78 is 39.9. The van der Waals surface area contributed by atoms with E-state index < -0.39 is 21.9 Å². The largest absolute Gasteiger partial charge is 0.352 e. The van der Waals surface area contributed by atoms with Crippen molar-refractivity contribution in [2.75, 3.05) is 10.6 Å². The summed E-state index contributed by atoms with van der Waals surface area (Å²) in [6.45, 7) is 1.74. The Morgan fingerprint density at radius 3 is 2.31 bits per heavy atom. The molecule has 1 N–H and O–H groups in total. The van der Waals surface area contributed by atoms with Crippen LogP contribution in [0.2, 0.25) is 0 Å². The Hall–Kier alpha value is -1.63. The van der Waals surface area contributed by atoms with Crippen LogP contribution in [0.25, 0.3) is 0 Å². The number of anilines is 1. The summed E-state index contributed by atoms with van der Waals surface area (Å²) >= 11 is 0. The van der Waals surface area contributed by atoms with E-state index in [-0.39, 0.29) is 24.1 Å². The molecule has 0 aliphatic heterocycles. The fraction of sp³-hybridized carbons (Fsp3) is 0.632. The molecular formula is C19H29FN2O3S. The first-order valence-electron chi connectivity index (χ1n) is 9.39. The Kier molecular flexibility index (Phi) is 7.43. The van der Waals surface area contributed by atoms with E-state index in [0.29, 0.717) is 0 Å². The van der Waals surface area contributed by atoms with Crippen molar-refractivity contribution in [3.8, 4) is 0 Å². The third-order valence-electron chi connectivity index (χ3n) is 4.87. The molecule has 0 radical (unpaired) electrons. The maximum absolute atomic E-state index is 14.2. The van der Waals surface area contributed by atoms with Crippen molar-refractivity contribution >= 4 is 21.6 Å². The average Bonchev–Trinajstić information content (AvgIpc) is 2.54. The van der Waals surface area contributed by atoms with Crippen LogP contribution in [0.4, 0.5) is 10.1 Å². The second-order valence-corrected chi connectivity index (χ2v) is 8.84. The SMILES string of the molecule is CC[C@H](C(=O)NC1CCCCCCC1)N(c1ccccc1F)S(C)(=O)=O. The predicted molar refractivity (Wildman–Crippen MR) is 102 cm³/mol. The number of para-hydroxylation sites is 1. The van der Waals surface area contributed by atoms with Crippen LogP contribution in [0.5, 0.6) is 0 Å². The Morgan fingerprint density at radius 1 is 1.19 bits per heavy atom. The molecule has 0 spiro atoms. The lowest BCUT2D eigenvalue weighted by Gasteiger charge is -2.32. The Labute approximate surface area is 156 Å². The Morgan fingerprint density at radius 2 is 1.77 bits per heavy atom. The number of nitrogens with one attached hydrogen (secondary N) is 1. The van der Waals surface area contributed by atoms with E-state index in [2.05, 4.69) is 5.32 Å². The monoisotopic (exact) mass is 384 g/mol. The van der Waals surface area contributed by atoms with Gasteiger partial charge in [-0.2, -0.15) is 0 Å². The minimum Gasteiger partial charge on any atom is -0.352 e. The number of benzene rings is 1. The number of amides is 1. The molecule has 1 saturated carbocycles. The highest BCUT2D eigenvalue weighted by Gasteiger charge is 2.33. The lowest BCUT2D eigenvalue weighted by molar-refractivity contribution is -0.123. The first-order valence-corrected chi connectivity index (χ1v) is 11.2. The maximum atomic E-state index is 14.2. The van der Waals surface area contributed by atoms with E-state index in [1.54, 1.807) is 13.0 Å². The highest BCUT2D eigenvalue weighted by Crippen LogP contribution is 2.26. The van der Waals surface area contributed by atoms with Crippen LogP contribution < -0.4 is 9.62 Å². The van der Waals surface area contributed by atoms with Crippen molar-refractivity contribution in [1.82, 2.24) is 5.32 Å². The van der Waals surface area contributed by atoms with Crippen molar-refractivity contribution in [3.05, 3.63) is 30.1 Å². The second-order valence-electron chi connectivity index (χ2n) is 6.98. The van der Waals surface area contributed by atoms with Crippen molar-refractivity contribution < 1.29 is 17.6 Å². The van der Waals surface area contributed by atoms with Gasteiger partial charge in [-0.1, -0.05) is 51.2 Å². The van der Waals surface area contributed by atoms with Crippen molar-refractivity contribution in [2.45, 2.75) is 70.4 Å². The van der Waals surface area contributed by atoms with Crippen LogP contribution in [0.3, 0.4) is 0 Å². The molecule has 1 amide bonds. The normalized spacial score (nSPS) is 17.8. The fourth-order valence-corrected chi connectivity index (χ4v) is 4.78. The lowest BCUT2D eigenvalue weighted by atomic mass is 9.96. The zero-order chi connectivity index (χ0) is 19.2. The molecule has 26 heavy (non-hydrogen) atoms. The zero-order valence-electron chi connectivity index (χ0n) is 15.6. The minimum absolute atomic E-state index is 0.0545. The van der Waals surface area contributed by atoms with Crippen molar-refractivity contribution in [2.24, 2.45) is 0 Å². The summed E-state index contributed by atoms with van der Waals surface area (Å²) in [6, 6.07) is 4.74. The molecule has 7 heteroatoms. The number of halogens is 1. The fourth-order valence-electron chi connectivity index (χ4n) is 3.56. The molecule has 1 fully saturated rings. The van der Waals surface area contributed by atoms with E-state index in [0.717, 1.165) is 49.1 Å². The van der Waals surface area contributed by atoms with Gasteiger partial charge in [-0.25, -0.2) is 12.8 Å².